The summed E-state index contributed by atoms with van der Waals surface area (Å²) in [6, 6.07) is 12.9. The molecule has 0 unspecified atom stereocenters. The van der Waals surface area contributed by atoms with E-state index in [1.165, 1.54) is 26.0 Å². The number of ether oxygens (including phenoxy) is 3. The Morgan fingerprint density at radius 2 is 1.58 bits per heavy atom. The van der Waals surface area contributed by atoms with Gasteiger partial charge >= 0.3 is 11.9 Å². The Kier molecular flexibility index (Phi) is 6.69. The number of esters is 2. The highest BCUT2D eigenvalue weighted by molar-refractivity contribution is 6.02. The molecule has 2 aromatic carbocycles. The third-order valence-corrected chi connectivity index (χ3v) is 5.10. The number of methoxy groups -OCH3 is 2. The van der Waals surface area contributed by atoms with E-state index in [2.05, 4.69) is 4.74 Å². The van der Waals surface area contributed by atoms with Crippen molar-refractivity contribution in [3.8, 4) is 5.75 Å². The van der Waals surface area contributed by atoms with Gasteiger partial charge in [-0.15, -0.1) is 0 Å². The first-order chi connectivity index (χ1) is 14.8. The number of hydrogen-bond donors (Lipinski definition) is 0. The molecule has 1 fully saturated rings. The first kappa shape index (κ1) is 22.0. The van der Waals surface area contributed by atoms with E-state index in [1.807, 2.05) is 0 Å². The van der Waals surface area contributed by atoms with Crippen LogP contribution in [0.1, 0.15) is 34.1 Å². The van der Waals surface area contributed by atoms with Crippen LogP contribution in [-0.2, 0) is 19.1 Å². The first-order valence-corrected chi connectivity index (χ1v) is 9.71. The van der Waals surface area contributed by atoms with Crippen LogP contribution in [0, 0.1) is 5.92 Å². The molecule has 1 aliphatic rings. The Morgan fingerprint density at radius 1 is 0.968 bits per heavy atom. The molecule has 0 radical (unpaired) electrons. The Bertz CT molecular complexity index is 982. The monoisotopic (exact) mass is 425 g/mol. The maximum Gasteiger partial charge on any atom is 0.337 e. The molecule has 2 aromatic rings. The Balaban J connectivity index is 1.61. The number of carbonyl (C=O) groups excluding carboxylic acids is 4. The number of Topliss-reactive ketones (excluding diaryl/α,β-unsaturated/α-hetero) is 1. The molecule has 1 aliphatic heterocycles. The van der Waals surface area contributed by atoms with Crippen LogP contribution in [0.25, 0.3) is 0 Å². The van der Waals surface area contributed by atoms with Gasteiger partial charge in [-0.25, -0.2) is 4.79 Å². The molecule has 0 saturated carbocycles. The quantitative estimate of drug-likeness (QED) is 0.497. The molecule has 1 heterocycles. The van der Waals surface area contributed by atoms with E-state index in [4.69, 9.17) is 9.47 Å². The van der Waals surface area contributed by atoms with Gasteiger partial charge in [0, 0.05) is 24.2 Å². The highest BCUT2D eigenvalue weighted by Gasteiger charge is 2.37. The van der Waals surface area contributed by atoms with E-state index in [1.54, 1.807) is 48.5 Å². The minimum Gasteiger partial charge on any atom is -0.497 e. The van der Waals surface area contributed by atoms with Crippen molar-refractivity contribution in [2.45, 2.75) is 19.4 Å². The van der Waals surface area contributed by atoms with Crippen LogP contribution in [0.15, 0.2) is 48.5 Å². The van der Waals surface area contributed by atoms with Crippen molar-refractivity contribution in [3.63, 3.8) is 0 Å². The third-order valence-electron chi connectivity index (χ3n) is 5.10. The molecule has 31 heavy (non-hydrogen) atoms. The average Bonchev–Trinajstić information content (AvgIpc) is 3.19. The van der Waals surface area contributed by atoms with Crippen molar-refractivity contribution in [2.24, 2.45) is 5.92 Å². The summed E-state index contributed by atoms with van der Waals surface area (Å²) in [5, 5.41) is 0. The van der Waals surface area contributed by atoms with Gasteiger partial charge in [-0.3, -0.25) is 14.4 Å². The lowest BCUT2D eigenvalue weighted by Gasteiger charge is -2.18. The maximum atomic E-state index is 12.6. The van der Waals surface area contributed by atoms with Crippen LogP contribution in [0.4, 0.5) is 5.69 Å². The minimum atomic E-state index is -0.982. The number of amides is 1. The number of rotatable bonds is 7. The van der Waals surface area contributed by atoms with E-state index in [-0.39, 0.29) is 24.7 Å². The number of carbonyl (C=O) groups is 4. The Morgan fingerprint density at radius 3 is 2.16 bits per heavy atom. The zero-order valence-electron chi connectivity index (χ0n) is 17.5. The summed E-state index contributed by atoms with van der Waals surface area (Å²) in [6.07, 6.45) is -0.995. The molecule has 1 amide bonds. The Labute approximate surface area is 179 Å². The van der Waals surface area contributed by atoms with Gasteiger partial charge in [-0.05, 0) is 55.5 Å². The molecular weight excluding hydrogens is 402 g/mol. The Hall–Kier alpha value is -3.68. The van der Waals surface area contributed by atoms with Gasteiger partial charge in [0.05, 0.1) is 25.7 Å². The molecular formula is C23H23NO7. The molecule has 0 aliphatic carbocycles. The van der Waals surface area contributed by atoms with Gasteiger partial charge < -0.3 is 19.1 Å². The summed E-state index contributed by atoms with van der Waals surface area (Å²) in [6.45, 7) is 1.64. The number of benzene rings is 2. The van der Waals surface area contributed by atoms with Crippen molar-refractivity contribution in [1.82, 2.24) is 0 Å². The average molecular weight is 425 g/mol. The topological polar surface area (TPSA) is 99.2 Å². The number of hydrogen-bond acceptors (Lipinski definition) is 7. The smallest absolute Gasteiger partial charge is 0.337 e. The molecule has 0 aromatic heterocycles. The molecule has 8 heteroatoms. The predicted molar refractivity (Wildman–Crippen MR) is 111 cm³/mol. The van der Waals surface area contributed by atoms with E-state index in [9.17, 15) is 19.2 Å². The van der Waals surface area contributed by atoms with E-state index in [0.717, 1.165) is 0 Å². The highest BCUT2D eigenvalue weighted by Crippen LogP contribution is 2.27. The lowest BCUT2D eigenvalue weighted by molar-refractivity contribution is -0.151. The van der Waals surface area contributed by atoms with Crippen LogP contribution in [0.3, 0.4) is 0 Å². The standard InChI is InChI=1S/C23H23NO7/c1-14(21(26)15-6-10-19(29-2)11-7-15)31-23(28)17-12-20(25)24(13-17)18-8-4-16(5-9-18)22(27)30-3/h4-11,14,17H,12-13H2,1-3H3/t14-,17+/m1/s1. The van der Waals surface area contributed by atoms with Crippen molar-refractivity contribution < 1.29 is 33.4 Å². The summed E-state index contributed by atoms with van der Waals surface area (Å²) in [7, 11) is 2.82. The molecule has 0 bridgehead atoms. The molecule has 2 atom stereocenters. The van der Waals surface area contributed by atoms with E-state index >= 15 is 0 Å². The predicted octanol–water partition coefficient (Wildman–Crippen LogP) is 2.65. The summed E-state index contributed by atoms with van der Waals surface area (Å²) >= 11 is 0. The molecule has 162 valence electrons. The maximum absolute atomic E-state index is 12.6. The fourth-order valence-electron chi connectivity index (χ4n) is 3.32. The lowest BCUT2D eigenvalue weighted by Crippen LogP contribution is -2.30. The van der Waals surface area contributed by atoms with Crippen LogP contribution in [-0.4, -0.2) is 50.5 Å². The lowest BCUT2D eigenvalue weighted by atomic mass is 10.1. The van der Waals surface area contributed by atoms with Crippen LogP contribution in [0.5, 0.6) is 5.75 Å². The summed E-state index contributed by atoms with van der Waals surface area (Å²) in [5.74, 6) is -1.71. The SMILES string of the molecule is COC(=O)c1ccc(N2C[C@@H](C(=O)O[C@H](C)C(=O)c3ccc(OC)cc3)CC2=O)cc1. The number of anilines is 1. The van der Waals surface area contributed by atoms with Crippen LogP contribution < -0.4 is 9.64 Å². The molecule has 3 rings (SSSR count). The summed E-state index contributed by atoms with van der Waals surface area (Å²) in [4.78, 5) is 50.5. The zero-order chi connectivity index (χ0) is 22.5. The number of ketones is 1. The normalized spacial score (nSPS) is 16.5. The van der Waals surface area contributed by atoms with Crippen molar-refractivity contribution >= 4 is 29.3 Å². The second kappa shape index (κ2) is 9.42. The molecule has 1 saturated heterocycles. The number of nitrogens with zero attached hydrogens (tertiary/aromatic N) is 1. The van der Waals surface area contributed by atoms with E-state index in [0.29, 0.717) is 22.6 Å². The zero-order valence-corrected chi connectivity index (χ0v) is 17.5. The van der Waals surface area contributed by atoms with Crippen LogP contribution >= 0.6 is 0 Å². The molecule has 8 nitrogen and oxygen atoms in total. The van der Waals surface area contributed by atoms with Gasteiger partial charge in [0.25, 0.3) is 0 Å². The minimum absolute atomic E-state index is 0.0129. The van der Waals surface area contributed by atoms with Gasteiger partial charge in [-0.2, -0.15) is 0 Å². The highest BCUT2D eigenvalue weighted by atomic mass is 16.5. The van der Waals surface area contributed by atoms with Crippen molar-refractivity contribution in [3.05, 3.63) is 59.7 Å². The summed E-state index contributed by atoms with van der Waals surface area (Å²) < 4.78 is 15.1. The summed E-state index contributed by atoms with van der Waals surface area (Å²) in [5.41, 5.74) is 1.32. The molecule has 0 N–H and O–H groups in total. The van der Waals surface area contributed by atoms with Crippen molar-refractivity contribution in [1.29, 1.82) is 0 Å². The van der Waals surface area contributed by atoms with Gasteiger partial charge in [-0.1, -0.05) is 0 Å². The van der Waals surface area contributed by atoms with Crippen LogP contribution in [0.2, 0.25) is 0 Å². The van der Waals surface area contributed by atoms with Gasteiger partial charge in [0.1, 0.15) is 5.75 Å². The van der Waals surface area contributed by atoms with Gasteiger partial charge in [0.2, 0.25) is 11.7 Å². The first-order valence-electron chi connectivity index (χ1n) is 9.71. The third kappa shape index (κ3) is 4.91. The fraction of sp³-hybridized carbons (Fsp3) is 0.304. The van der Waals surface area contributed by atoms with E-state index < -0.39 is 24.0 Å². The fourth-order valence-corrected chi connectivity index (χ4v) is 3.32. The second-order valence-electron chi connectivity index (χ2n) is 7.12. The largest absolute Gasteiger partial charge is 0.497 e. The molecule has 0 spiro atoms. The second-order valence-corrected chi connectivity index (χ2v) is 7.12. The van der Waals surface area contributed by atoms with Crippen molar-refractivity contribution in [2.75, 3.05) is 25.7 Å². The van der Waals surface area contributed by atoms with Gasteiger partial charge in [0.15, 0.2) is 6.10 Å².